The molecule has 0 atom stereocenters. The number of carbonyl (C=O) groups is 1. The van der Waals surface area contributed by atoms with Crippen molar-refractivity contribution in [1.82, 2.24) is 0 Å². The van der Waals surface area contributed by atoms with Gasteiger partial charge in [0, 0.05) is 0 Å². The van der Waals surface area contributed by atoms with E-state index in [0.717, 1.165) is 0 Å². The molecule has 0 aromatic carbocycles. The molecule has 0 fully saturated rings. The Morgan fingerprint density at radius 3 is 1.86 bits per heavy atom. The maximum atomic E-state index is 11.7. The molecule has 0 heterocycles. The number of carbonyl (C=O) groups excluding carboxylic acids is 1. The Morgan fingerprint density at radius 2 is 1.64 bits per heavy atom. The molecule has 14 heavy (non-hydrogen) atoms. The van der Waals surface area contributed by atoms with Crippen LogP contribution in [0, 0.1) is 0 Å². The van der Waals surface area contributed by atoms with Gasteiger partial charge in [0.05, 0.1) is 0 Å². The summed E-state index contributed by atoms with van der Waals surface area (Å²) in [6.45, 7) is 8.86. The van der Waals surface area contributed by atoms with E-state index in [9.17, 15) is 4.79 Å². The molecule has 4 heteroatoms. The third kappa shape index (κ3) is 3.27. The van der Waals surface area contributed by atoms with E-state index < -0.39 is 17.2 Å². The van der Waals surface area contributed by atoms with Gasteiger partial charge < -0.3 is 4.74 Å². The lowest BCUT2D eigenvalue weighted by Crippen LogP contribution is -2.44. The second-order valence-electron chi connectivity index (χ2n) is 4.29. The van der Waals surface area contributed by atoms with Crippen molar-refractivity contribution in [2.75, 3.05) is 0 Å². The summed E-state index contributed by atoms with van der Waals surface area (Å²) >= 11 is 0. The molecule has 0 aromatic rings. The standard InChI is InChI=1S/C10H20O4/c1-6-10(7-2,14-12)8(11)13-9(3,4)5/h12H,6-7H2,1-5H3. The van der Waals surface area contributed by atoms with Crippen molar-refractivity contribution in [1.29, 1.82) is 0 Å². The molecule has 0 saturated heterocycles. The monoisotopic (exact) mass is 204 g/mol. The van der Waals surface area contributed by atoms with Crippen molar-refractivity contribution in [3.8, 4) is 0 Å². The van der Waals surface area contributed by atoms with Crippen LogP contribution in [0.15, 0.2) is 0 Å². The minimum absolute atomic E-state index is 0.384. The van der Waals surface area contributed by atoms with E-state index in [1.807, 2.05) is 0 Å². The van der Waals surface area contributed by atoms with Crippen molar-refractivity contribution >= 4 is 5.97 Å². The first-order valence-electron chi connectivity index (χ1n) is 4.87. The average molecular weight is 204 g/mol. The minimum atomic E-state index is -1.21. The highest BCUT2D eigenvalue weighted by Gasteiger charge is 2.40. The lowest BCUT2D eigenvalue weighted by molar-refractivity contribution is -0.322. The fraction of sp³-hybridized carbons (Fsp3) is 0.900. The largest absolute Gasteiger partial charge is 0.458 e. The van der Waals surface area contributed by atoms with Gasteiger partial charge >= 0.3 is 5.97 Å². The first-order valence-corrected chi connectivity index (χ1v) is 4.87. The maximum Gasteiger partial charge on any atom is 0.342 e. The van der Waals surface area contributed by atoms with Crippen molar-refractivity contribution < 1.29 is 19.7 Å². The van der Waals surface area contributed by atoms with Crippen LogP contribution in [0.2, 0.25) is 0 Å². The summed E-state index contributed by atoms with van der Waals surface area (Å²) in [4.78, 5) is 15.9. The van der Waals surface area contributed by atoms with Crippen molar-refractivity contribution in [3.05, 3.63) is 0 Å². The smallest absolute Gasteiger partial charge is 0.342 e. The zero-order valence-corrected chi connectivity index (χ0v) is 9.59. The summed E-state index contributed by atoms with van der Waals surface area (Å²) in [6, 6.07) is 0. The second-order valence-corrected chi connectivity index (χ2v) is 4.29. The molecule has 0 aliphatic rings. The van der Waals surface area contributed by atoms with Crippen LogP contribution in [0.1, 0.15) is 47.5 Å². The van der Waals surface area contributed by atoms with E-state index in [0.29, 0.717) is 12.8 Å². The van der Waals surface area contributed by atoms with Crippen LogP contribution in [0.25, 0.3) is 0 Å². The van der Waals surface area contributed by atoms with Crippen LogP contribution in [0.5, 0.6) is 0 Å². The van der Waals surface area contributed by atoms with Crippen LogP contribution in [-0.2, 0) is 14.4 Å². The Balaban J connectivity index is 4.61. The summed E-state index contributed by atoms with van der Waals surface area (Å²) in [5.74, 6) is -0.516. The number of ether oxygens (including phenoxy) is 1. The van der Waals surface area contributed by atoms with Gasteiger partial charge in [-0.3, -0.25) is 5.26 Å². The van der Waals surface area contributed by atoms with Crippen LogP contribution < -0.4 is 0 Å². The lowest BCUT2D eigenvalue weighted by atomic mass is 9.97. The van der Waals surface area contributed by atoms with Gasteiger partial charge in [0.1, 0.15) is 5.60 Å². The highest BCUT2D eigenvalue weighted by atomic mass is 17.1. The van der Waals surface area contributed by atoms with Gasteiger partial charge in [-0.1, -0.05) is 13.8 Å². The molecular formula is C10H20O4. The van der Waals surface area contributed by atoms with E-state index in [-0.39, 0.29) is 0 Å². The van der Waals surface area contributed by atoms with Crippen LogP contribution >= 0.6 is 0 Å². The lowest BCUT2D eigenvalue weighted by Gasteiger charge is -2.29. The molecule has 84 valence electrons. The second kappa shape index (κ2) is 4.75. The molecule has 0 aliphatic heterocycles. The molecule has 1 N–H and O–H groups in total. The normalized spacial score (nSPS) is 12.7. The number of rotatable bonds is 4. The van der Waals surface area contributed by atoms with Gasteiger partial charge in [0.2, 0.25) is 0 Å². The predicted octanol–water partition coefficient (Wildman–Crippen LogP) is 2.38. The molecule has 0 aromatic heterocycles. The van der Waals surface area contributed by atoms with Crippen LogP contribution in [0.4, 0.5) is 0 Å². The molecule has 0 radical (unpaired) electrons. The zero-order chi connectivity index (χ0) is 11.4. The summed E-state index contributed by atoms with van der Waals surface area (Å²) in [7, 11) is 0. The highest BCUT2D eigenvalue weighted by Crippen LogP contribution is 2.24. The third-order valence-electron chi connectivity index (χ3n) is 2.09. The molecule has 0 aliphatic carbocycles. The topological polar surface area (TPSA) is 55.8 Å². The Labute approximate surface area is 85.1 Å². The van der Waals surface area contributed by atoms with Gasteiger partial charge in [-0.25, -0.2) is 9.68 Å². The molecular weight excluding hydrogens is 184 g/mol. The average Bonchev–Trinajstić information content (AvgIpc) is 2.05. The number of hydrogen-bond donors (Lipinski definition) is 1. The first kappa shape index (κ1) is 13.4. The highest BCUT2D eigenvalue weighted by molar-refractivity contribution is 5.79. The molecule has 0 amide bonds. The first-order chi connectivity index (χ1) is 6.31. The molecule has 4 nitrogen and oxygen atoms in total. The molecule has 0 unspecified atom stereocenters. The minimum Gasteiger partial charge on any atom is -0.458 e. The quantitative estimate of drug-likeness (QED) is 0.434. The van der Waals surface area contributed by atoms with E-state index in [2.05, 4.69) is 4.89 Å². The van der Waals surface area contributed by atoms with Crippen LogP contribution in [0.3, 0.4) is 0 Å². The van der Waals surface area contributed by atoms with Gasteiger partial charge in [-0.15, -0.1) is 0 Å². The number of esters is 1. The molecule has 0 spiro atoms. The maximum absolute atomic E-state index is 11.7. The fourth-order valence-corrected chi connectivity index (χ4v) is 1.08. The summed E-state index contributed by atoms with van der Waals surface area (Å²) in [5, 5.41) is 8.74. The summed E-state index contributed by atoms with van der Waals surface area (Å²) in [5.41, 5.74) is -1.78. The molecule has 0 bridgehead atoms. The third-order valence-corrected chi connectivity index (χ3v) is 2.09. The summed E-state index contributed by atoms with van der Waals surface area (Å²) in [6.07, 6.45) is 0.768. The van der Waals surface area contributed by atoms with Crippen LogP contribution in [-0.4, -0.2) is 22.4 Å². The van der Waals surface area contributed by atoms with Crippen molar-refractivity contribution in [3.63, 3.8) is 0 Å². The van der Waals surface area contributed by atoms with Gasteiger partial charge in [-0.2, -0.15) is 0 Å². The zero-order valence-electron chi connectivity index (χ0n) is 9.59. The fourth-order valence-electron chi connectivity index (χ4n) is 1.08. The van der Waals surface area contributed by atoms with Gasteiger partial charge in [0.15, 0.2) is 5.60 Å². The Bertz CT molecular complexity index is 181. The van der Waals surface area contributed by atoms with E-state index in [1.54, 1.807) is 34.6 Å². The predicted molar refractivity (Wildman–Crippen MR) is 52.9 cm³/mol. The van der Waals surface area contributed by atoms with E-state index >= 15 is 0 Å². The number of hydrogen-bond acceptors (Lipinski definition) is 4. The summed E-state index contributed by atoms with van der Waals surface area (Å²) < 4.78 is 5.15. The van der Waals surface area contributed by atoms with Gasteiger partial charge in [-0.05, 0) is 33.6 Å². The van der Waals surface area contributed by atoms with E-state index in [1.165, 1.54) is 0 Å². The van der Waals surface area contributed by atoms with Crippen molar-refractivity contribution in [2.24, 2.45) is 0 Å². The molecule has 0 saturated carbocycles. The Hall–Kier alpha value is -0.610. The SMILES string of the molecule is CCC(CC)(OO)C(=O)OC(C)(C)C. The Morgan fingerprint density at radius 1 is 1.21 bits per heavy atom. The molecule has 0 rings (SSSR count). The van der Waals surface area contributed by atoms with Gasteiger partial charge in [0.25, 0.3) is 0 Å². The van der Waals surface area contributed by atoms with Crippen molar-refractivity contribution in [2.45, 2.75) is 58.7 Å². The Kier molecular flexibility index (Phi) is 4.55. The van der Waals surface area contributed by atoms with E-state index in [4.69, 9.17) is 9.99 Å².